The first-order valence-electron chi connectivity index (χ1n) is 11.4. The molecule has 0 radical (unpaired) electrons. The van der Waals surface area contributed by atoms with Crippen LogP contribution in [0.5, 0.6) is 11.5 Å². The van der Waals surface area contributed by atoms with Crippen molar-refractivity contribution < 1.29 is 14.6 Å². The van der Waals surface area contributed by atoms with Crippen LogP contribution in [0.25, 0.3) is 0 Å². The highest BCUT2D eigenvalue weighted by molar-refractivity contribution is 5.79. The molecule has 0 amide bonds. The van der Waals surface area contributed by atoms with Crippen molar-refractivity contribution in [3.63, 3.8) is 0 Å². The van der Waals surface area contributed by atoms with Gasteiger partial charge in [-0.2, -0.15) is 0 Å². The van der Waals surface area contributed by atoms with Crippen LogP contribution in [0.1, 0.15) is 30.9 Å². The predicted molar refractivity (Wildman–Crippen MR) is 128 cm³/mol. The lowest BCUT2D eigenvalue weighted by atomic mass is 10.1. The molecular formula is C25H36N4O3. The van der Waals surface area contributed by atoms with Crippen LogP contribution >= 0.6 is 0 Å². The van der Waals surface area contributed by atoms with Crippen LogP contribution in [-0.4, -0.2) is 62.0 Å². The highest BCUT2D eigenvalue weighted by Gasteiger charge is 2.16. The second kappa shape index (κ2) is 12.9. The summed E-state index contributed by atoms with van der Waals surface area (Å²) in [4.78, 5) is 7.09. The van der Waals surface area contributed by atoms with Crippen LogP contribution in [0.4, 0.5) is 0 Å². The van der Waals surface area contributed by atoms with E-state index in [1.165, 1.54) is 11.1 Å². The highest BCUT2D eigenvalue weighted by atomic mass is 16.5. The topological polar surface area (TPSA) is 78.4 Å². The van der Waals surface area contributed by atoms with E-state index in [-0.39, 0.29) is 6.10 Å². The number of methoxy groups -OCH3 is 1. The van der Waals surface area contributed by atoms with E-state index in [2.05, 4.69) is 51.7 Å². The molecule has 3 rings (SSSR count). The molecule has 0 aromatic heterocycles. The van der Waals surface area contributed by atoms with Crippen molar-refractivity contribution in [2.45, 2.75) is 39.0 Å². The molecule has 7 nitrogen and oxygen atoms in total. The van der Waals surface area contributed by atoms with E-state index in [1.807, 2.05) is 24.3 Å². The molecule has 1 fully saturated rings. The molecule has 0 aliphatic carbocycles. The summed E-state index contributed by atoms with van der Waals surface area (Å²) in [6.07, 6.45) is 1.62. The zero-order valence-electron chi connectivity index (χ0n) is 19.2. The molecule has 2 aromatic rings. The third kappa shape index (κ3) is 8.05. The number of nitrogens with one attached hydrogen (secondary N) is 2. The molecule has 174 valence electrons. The number of benzene rings is 2. The molecule has 0 bridgehead atoms. The number of hydrogen-bond acceptors (Lipinski definition) is 5. The minimum absolute atomic E-state index is 0.125. The maximum absolute atomic E-state index is 9.65. The molecule has 0 saturated carbocycles. The second-order valence-corrected chi connectivity index (χ2v) is 7.97. The molecule has 0 unspecified atom stereocenters. The van der Waals surface area contributed by atoms with Gasteiger partial charge in [0.25, 0.3) is 0 Å². The van der Waals surface area contributed by atoms with Crippen molar-refractivity contribution in [2.24, 2.45) is 4.99 Å². The Morgan fingerprint density at radius 2 is 1.66 bits per heavy atom. The van der Waals surface area contributed by atoms with Crippen molar-refractivity contribution >= 4 is 5.96 Å². The van der Waals surface area contributed by atoms with Gasteiger partial charge in [0.2, 0.25) is 0 Å². The van der Waals surface area contributed by atoms with Gasteiger partial charge in [0.05, 0.1) is 26.3 Å². The number of nitrogens with zero attached hydrogens (tertiary/aromatic N) is 2. The fourth-order valence-corrected chi connectivity index (χ4v) is 3.61. The molecule has 7 heteroatoms. The molecule has 32 heavy (non-hydrogen) atoms. The number of ether oxygens (including phenoxy) is 2. The zero-order valence-corrected chi connectivity index (χ0v) is 19.2. The van der Waals surface area contributed by atoms with Crippen LogP contribution in [-0.2, 0) is 13.1 Å². The van der Waals surface area contributed by atoms with Gasteiger partial charge < -0.3 is 25.2 Å². The minimum Gasteiger partial charge on any atom is -0.497 e. The van der Waals surface area contributed by atoms with Crippen LogP contribution in [0, 0.1) is 0 Å². The van der Waals surface area contributed by atoms with E-state index in [4.69, 9.17) is 9.47 Å². The smallest absolute Gasteiger partial charge is 0.191 e. The first kappa shape index (κ1) is 23.9. The van der Waals surface area contributed by atoms with Gasteiger partial charge in [0.15, 0.2) is 5.96 Å². The summed E-state index contributed by atoms with van der Waals surface area (Å²) in [7, 11) is 1.65. The molecular weight excluding hydrogens is 404 g/mol. The van der Waals surface area contributed by atoms with Gasteiger partial charge in [-0.15, -0.1) is 0 Å². The molecule has 1 heterocycles. The number of piperidine rings is 1. The van der Waals surface area contributed by atoms with Crippen molar-refractivity contribution in [2.75, 3.05) is 39.9 Å². The SMILES string of the molecule is CCNC(=NCc1ccc(CN2CCC(O)CC2)cc1)NCCOc1ccc(OC)cc1. The maximum Gasteiger partial charge on any atom is 0.191 e. The third-order valence-corrected chi connectivity index (χ3v) is 5.47. The fraction of sp³-hybridized carbons (Fsp3) is 0.480. The van der Waals surface area contributed by atoms with E-state index in [0.717, 1.165) is 56.5 Å². The number of aliphatic hydroxyl groups excluding tert-OH is 1. The quantitative estimate of drug-likeness (QED) is 0.300. The molecule has 3 N–H and O–H groups in total. The average Bonchev–Trinajstić information content (AvgIpc) is 2.83. The Labute approximate surface area is 191 Å². The molecule has 1 saturated heterocycles. The van der Waals surface area contributed by atoms with Gasteiger partial charge in [-0.05, 0) is 55.2 Å². The summed E-state index contributed by atoms with van der Waals surface area (Å²) in [5, 5.41) is 16.2. The Morgan fingerprint density at radius 1 is 1.00 bits per heavy atom. The number of aliphatic hydroxyl groups is 1. The Balaban J connectivity index is 1.42. The van der Waals surface area contributed by atoms with Gasteiger partial charge >= 0.3 is 0 Å². The van der Waals surface area contributed by atoms with Gasteiger partial charge in [0, 0.05) is 26.2 Å². The van der Waals surface area contributed by atoms with E-state index in [1.54, 1.807) is 7.11 Å². The third-order valence-electron chi connectivity index (χ3n) is 5.47. The summed E-state index contributed by atoms with van der Waals surface area (Å²) in [6, 6.07) is 16.2. The van der Waals surface area contributed by atoms with Crippen molar-refractivity contribution in [1.82, 2.24) is 15.5 Å². The Morgan fingerprint density at radius 3 is 2.31 bits per heavy atom. The monoisotopic (exact) mass is 440 g/mol. The van der Waals surface area contributed by atoms with Crippen molar-refractivity contribution in [1.29, 1.82) is 0 Å². The summed E-state index contributed by atoms with van der Waals surface area (Å²) in [6.45, 7) is 7.54. The van der Waals surface area contributed by atoms with Gasteiger partial charge in [0.1, 0.15) is 18.1 Å². The summed E-state index contributed by atoms with van der Waals surface area (Å²) in [5.74, 6) is 2.41. The number of rotatable bonds is 10. The summed E-state index contributed by atoms with van der Waals surface area (Å²) >= 11 is 0. The lowest BCUT2D eigenvalue weighted by molar-refractivity contribution is 0.0792. The molecule has 2 aromatic carbocycles. The second-order valence-electron chi connectivity index (χ2n) is 7.97. The van der Waals surface area contributed by atoms with Crippen molar-refractivity contribution in [3.05, 3.63) is 59.7 Å². The largest absolute Gasteiger partial charge is 0.497 e. The minimum atomic E-state index is -0.125. The van der Waals surface area contributed by atoms with Crippen LogP contribution in [0.3, 0.4) is 0 Å². The Hall–Kier alpha value is -2.77. The average molecular weight is 441 g/mol. The Bertz CT molecular complexity index is 816. The lowest BCUT2D eigenvalue weighted by Gasteiger charge is -2.29. The normalized spacial score (nSPS) is 15.4. The van der Waals surface area contributed by atoms with Crippen LogP contribution in [0.2, 0.25) is 0 Å². The van der Waals surface area contributed by atoms with E-state index >= 15 is 0 Å². The highest BCUT2D eigenvalue weighted by Crippen LogP contribution is 2.17. The van der Waals surface area contributed by atoms with Crippen LogP contribution < -0.4 is 20.1 Å². The standard InChI is InChI=1S/C25H36N4O3/c1-3-26-25(27-14-17-32-24-10-8-23(31-2)9-11-24)28-18-20-4-6-21(7-5-20)19-29-15-12-22(30)13-16-29/h4-11,22,30H,3,12-19H2,1-2H3,(H2,26,27,28). The molecule has 0 spiro atoms. The number of hydrogen-bond donors (Lipinski definition) is 3. The van der Waals surface area contributed by atoms with Gasteiger partial charge in [-0.25, -0.2) is 4.99 Å². The van der Waals surface area contributed by atoms with Crippen LogP contribution in [0.15, 0.2) is 53.5 Å². The summed E-state index contributed by atoms with van der Waals surface area (Å²) in [5.41, 5.74) is 2.48. The molecule has 0 atom stereocenters. The first-order chi connectivity index (χ1) is 15.7. The van der Waals surface area contributed by atoms with Gasteiger partial charge in [-0.3, -0.25) is 4.90 Å². The first-order valence-corrected chi connectivity index (χ1v) is 11.4. The fourth-order valence-electron chi connectivity index (χ4n) is 3.61. The van der Waals surface area contributed by atoms with Crippen molar-refractivity contribution in [3.8, 4) is 11.5 Å². The number of likely N-dealkylation sites (tertiary alicyclic amines) is 1. The number of aliphatic imine (C=N–C) groups is 1. The lowest BCUT2D eigenvalue weighted by Crippen LogP contribution is -2.39. The molecule has 1 aliphatic heterocycles. The summed E-state index contributed by atoms with van der Waals surface area (Å²) < 4.78 is 10.9. The van der Waals surface area contributed by atoms with Gasteiger partial charge in [-0.1, -0.05) is 24.3 Å². The maximum atomic E-state index is 9.65. The van der Waals surface area contributed by atoms with E-state index in [9.17, 15) is 5.11 Å². The predicted octanol–water partition coefficient (Wildman–Crippen LogP) is 2.79. The van der Waals surface area contributed by atoms with E-state index in [0.29, 0.717) is 19.7 Å². The number of guanidine groups is 1. The zero-order chi connectivity index (χ0) is 22.6. The van der Waals surface area contributed by atoms with E-state index < -0.39 is 0 Å². The Kier molecular flexibility index (Phi) is 9.65. The molecule has 1 aliphatic rings.